The molecule has 0 radical (unpaired) electrons. The second-order valence-corrected chi connectivity index (χ2v) is 5.40. The molecule has 1 aromatic rings. The molecule has 0 bridgehead atoms. The fourth-order valence-corrected chi connectivity index (χ4v) is 2.70. The summed E-state index contributed by atoms with van der Waals surface area (Å²) >= 11 is 5.92. The Kier molecular flexibility index (Phi) is 4.25. The van der Waals surface area contributed by atoms with Gasteiger partial charge >= 0.3 is 0 Å². The normalized spacial score (nSPS) is 17.7. The molecule has 0 amide bonds. The minimum atomic E-state index is 0.501. The molecule has 0 unspecified atom stereocenters. The zero-order valence-corrected chi connectivity index (χ0v) is 11.7. The summed E-state index contributed by atoms with van der Waals surface area (Å²) in [6.45, 7) is 2.22. The lowest BCUT2D eigenvalue weighted by atomic mass is 10.0. The van der Waals surface area contributed by atoms with Crippen LogP contribution in [0.25, 0.3) is 0 Å². The van der Waals surface area contributed by atoms with Crippen LogP contribution >= 0.6 is 11.6 Å². The maximum absolute atomic E-state index is 11.1. The summed E-state index contributed by atoms with van der Waals surface area (Å²) in [7, 11) is 4.21. The van der Waals surface area contributed by atoms with Gasteiger partial charge in [-0.25, -0.2) is 0 Å². The van der Waals surface area contributed by atoms with Gasteiger partial charge in [0.1, 0.15) is 0 Å². The standard InChI is InChI=1S/C14H19ClN2O/c1-16-7-5-13(6-8-16)17(2)14-4-3-12(15)9-11(14)10-18/h3-4,9-10,13H,5-8H2,1-2H3. The molecular formula is C14H19ClN2O. The summed E-state index contributed by atoms with van der Waals surface area (Å²) in [5.74, 6) is 0. The molecule has 1 saturated heterocycles. The first kappa shape index (κ1) is 13.4. The summed E-state index contributed by atoms with van der Waals surface area (Å²) in [6.07, 6.45) is 3.15. The number of nitrogens with zero attached hydrogens (tertiary/aromatic N) is 2. The van der Waals surface area contributed by atoms with E-state index in [-0.39, 0.29) is 0 Å². The third kappa shape index (κ3) is 2.85. The topological polar surface area (TPSA) is 23.6 Å². The Morgan fingerprint density at radius 2 is 2.06 bits per heavy atom. The minimum Gasteiger partial charge on any atom is -0.371 e. The highest BCUT2D eigenvalue weighted by atomic mass is 35.5. The van der Waals surface area contributed by atoms with Crippen LogP contribution in [0.4, 0.5) is 5.69 Å². The molecule has 2 rings (SSSR count). The maximum Gasteiger partial charge on any atom is 0.152 e. The second kappa shape index (κ2) is 5.72. The van der Waals surface area contributed by atoms with Crippen LogP contribution in [-0.4, -0.2) is 44.4 Å². The first-order valence-corrected chi connectivity index (χ1v) is 6.65. The molecule has 1 heterocycles. The quantitative estimate of drug-likeness (QED) is 0.786. The molecule has 4 heteroatoms. The van der Waals surface area contributed by atoms with E-state index in [1.54, 1.807) is 6.07 Å². The molecule has 0 N–H and O–H groups in total. The summed E-state index contributed by atoms with van der Waals surface area (Å²) < 4.78 is 0. The fourth-order valence-electron chi connectivity index (χ4n) is 2.52. The van der Waals surface area contributed by atoms with E-state index < -0.39 is 0 Å². The monoisotopic (exact) mass is 266 g/mol. The van der Waals surface area contributed by atoms with E-state index in [2.05, 4.69) is 23.9 Å². The van der Waals surface area contributed by atoms with Gasteiger partial charge in [-0.05, 0) is 51.2 Å². The van der Waals surface area contributed by atoms with Gasteiger partial charge < -0.3 is 9.80 Å². The van der Waals surface area contributed by atoms with Gasteiger partial charge in [0.15, 0.2) is 6.29 Å². The van der Waals surface area contributed by atoms with Gasteiger partial charge in [-0.1, -0.05) is 11.6 Å². The average molecular weight is 267 g/mol. The van der Waals surface area contributed by atoms with Gasteiger partial charge in [-0.3, -0.25) is 4.79 Å². The molecule has 1 aliphatic rings. The second-order valence-electron chi connectivity index (χ2n) is 4.97. The van der Waals surface area contributed by atoms with Gasteiger partial charge in [0, 0.05) is 29.4 Å². The summed E-state index contributed by atoms with van der Waals surface area (Å²) in [5.41, 5.74) is 1.65. The molecule has 3 nitrogen and oxygen atoms in total. The highest BCUT2D eigenvalue weighted by molar-refractivity contribution is 6.31. The summed E-state index contributed by atoms with van der Waals surface area (Å²) in [6, 6.07) is 6.01. The average Bonchev–Trinajstić information content (AvgIpc) is 2.38. The van der Waals surface area contributed by atoms with Crippen molar-refractivity contribution in [1.29, 1.82) is 0 Å². The molecule has 0 saturated carbocycles. The van der Waals surface area contributed by atoms with E-state index in [1.165, 1.54) is 0 Å². The lowest BCUT2D eigenvalue weighted by Crippen LogP contribution is -2.42. The molecule has 0 aliphatic carbocycles. The number of aldehydes is 1. The Morgan fingerprint density at radius 3 is 2.67 bits per heavy atom. The van der Waals surface area contributed by atoms with Crippen LogP contribution in [0.3, 0.4) is 0 Å². The lowest BCUT2D eigenvalue weighted by molar-refractivity contribution is 0.112. The molecule has 1 fully saturated rings. The smallest absolute Gasteiger partial charge is 0.152 e. The van der Waals surface area contributed by atoms with Crippen LogP contribution in [-0.2, 0) is 0 Å². The number of rotatable bonds is 3. The summed E-state index contributed by atoms with van der Waals surface area (Å²) in [4.78, 5) is 15.7. The highest BCUT2D eigenvalue weighted by Gasteiger charge is 2.22. The molecular weight excluding hydrogens is 248 g/mol. The summed E-state index contributed by atoms with van der Waals surface area (Å²) in [5, 5.41) is 0.609. The van der Waals surface area contributed by atoms with Crippen molar-refractivity contribution in [2.75, 3.05) is 32.1 Å². The molecule has 18 heavy (non-hydrogen) atoms. The largest absolute Gasteiger partial charge is 0.371 e. The third-order valence-corrected chi connectivity index (χ3v) is 3.97. The Hall–Kier alpha value is -1.06. The number of likely N-dealkylation sites (tertiary alicyclic amines) is 1. The third-order valence-electron chi connectivity index (χ3n) is 3.73. The van der Waals surface area contributed by atoms with Crippen LogP contribution in [0.2, 0.25) is 5.02 Å². The zero-order valence-electron chi connectivity index (χ0n) is 10.9. The molecule has 1 aromatic carbocycles. The van der Waals surface area contributed by atoms with Crippen molar-refractivity contribution >= 4 is 23.6 Å². The number of carbonyl (C=O) groups is 1. The van der Waals surface area contributed by atoms with Crippen molar-refractivity contribution in [1.82, 2.24) is 4.90 Å². The van der Waals surface area contributed by atoms with Crippen LogP contribution in [0.1, 0.15) is 23.2 Å². The molecule has 98 valence electrons. The van der Waals surface area contributed by atoms with Gasteiger partial charge in [0.05, 0.1) is 0 Å². The zero-order chi connectivity index (χ0) is 13.1. The van der Waals surface area contributed by atoms with Gasteiger partial charge in [0.2, 0.25) is 0 Å². The van der Waals surface area contributed by atoms with Crippen LogP contribution in [0.5, 0.6) is 0 Å². The maximum atomic E-state index is 11.1. The van der Waals surface area contributed by atoms with Gasteiger partial charge in [-0.2, -0.15) is 0 Å². The van der Waals surface area contributed by atoms with Crippen LogP contribution < -0.4 is 4.90 Å². The van der Waals surface area contributed by atoms with E-state index in [9.17, 15) is 4.79 Å². The number of halogens is 1. The van der Waals surface area contributed by atoms with Gasteiger partial charge in [0.25, 0.3) is 0 Å². The van der Waals surface area contributed by atoms with Crippen molar-refractivity contribution in [3.63, 3.8) is 0 Å². The first-order valence-electron chi connectivity index (χ1n) is 6.28. The van der Waals surface area contributed by atoms with Crippen LogP contribution in [0, 0.1) is 0 Å². The van der Waals surface area contributed by atoms with Gasteiger partial charge in [-0.15, -0.1) is 0 Å². The number of hydrogen-bond donors (Lipinski definition) is 0. The number of hydrogen-bond acceptors (Lipinski definition) is 3. The van der Waals surface area contributed by atoms with Crippen molar-refractivity contribution in [3.8, 4) is 0 Å². The SMILES string of the molecule is CN1CCC(N(C)c2ccc(Cl)cc2C=O)CC1. The van der Waals surface area contributed by atoms with E-state index >= 15 is 0 Å². The Bertz CT molecular complexity index is 428. The van der Waals surface area contributed by atoms with E-state index in [0.717, 1.165) is 37.9 Å². The fraction of sp³-hybridized carbons (Fsp3) is 0.500. The van der Waals surface area contributed by atoms with Crippen molar-refractivity contribution in [2.45, 2.75) is 18.9 Å². The van der Waals surface area contributed by atoms with Crippen molar-refractivity contribution in [3.05, 3.63) is 28.8 Å². The van der Waals surface area contributed by atoms with Crippen molar-refractivity contribution < 1.29 is 4.79 Å². The first-order chi connectivity index (χ1) is 8.61. The molecule has 0 aromatic heterocycles. The molecule has 0 atom stereocenters. The predicted octanol–water partition coefficient (Wildman–Crippen LogP) is 2.68. The predicted molar refractivity (Wildman–Crippen MR) is 75.8 cm³/mol. The Balaban J connectivity index is 2.17. The molecule has 0 spiro atoms. The lowest BCUT2D eigenvalue weighted by Gasteiger charge is -2.36. The number of anilines is 1. The van der Waals surface area contributed by atoms with E-state index in [1.807, 2.05) is 12.1 Å². The minimum absolute atomic E-state index is 0.501. The highest BCUT2D eigenvalue weighted by Crippen LogP contribution is 2.26. The number of piperidine rings is 1. The number of carbonyl (C=O) groups excluding carboxylic acids is 1. The van der Waals surface area contributed by atoms with E-state index in [0.29, 0.717) is 16.6 Å². The van der Waals surface area contributed by atoms with E-state index in [4.69, 9.17) is 11.6 Å². The number of benzene rings is 1. The Labute approximate surface area is 113 Å². The molecule has 1 aliphatic heterocycles. The van der Waals surface area contributed by atoms with Crippen LogP contribution in [0.15, 0.2) is 18.2 Å². The Morgan fingerprint density at radius 1 is 1.39 bits per heavy atom. The van der Waals surface area contributed by atoms with Crippen molar-refractivity contribution in [2.24, 2.45) is 0 Å².